The van der Waals surface area contributed by atoms with Gasteiger partial charge in [0.1, 0.15) is 0 Å². The molecule has 1 heterocycles. The number of aromatic nitrogens is 2. The first-order chi connectivity index (χ1) is 12.2. The molecule has 25 heavy (non-hydrogen) atoms. The Bertz CT molecular complexity index is 796. The molecule has 2 N–H and O–H groups in total. The van der Waals surface area contributed by atoms with Gasteiger partial charge in [-0.25, -0.2) is 4.98 Å². The molecule has 0 radical (unpaired) electrons. The lowest BCUT2D eigenvalue weighted by atomic mass is 10.0. The molecule has 0 unspecified atom stereocenters. The summed E-state index contributed by atoms with van der Waals surface area (Å²) in [6.45, 7) is 1.38. The van der Waals surface area contributed by atoms with Gasteiger partial charge in [-0.3, -0.25) is 4.79 Å². The third-order valence-corrected chi connectivity index (χ3v) is 4.25. The molecule has 3 aromatic rings. The minimum atomic E-state index is 0.150. The molecule has 0 aliphatic rings. The van der Waals surface area contributed by atoms with E-state index in [4.69, 9.17) is 11.6 Å². The number of hydrogen-bond acceptors (Lipinski definition) is 3. The topological polar surface area (TPSA) is 57.8 Å². The molecule has 0 saturated carbocycles. The Kier molecular flexibility index (Phi) is 5.99. The molecule has 2 aromatic carbocycles. The Morgan fingerprint density at radius 1 is 1.04 bits per heavy atom. The van der Waals surface area contributed by atoms with Gasteiger partial charge in [-0.15, -0.1) is 0 Å². The minimum Gasteiger partial charge on any atom is -0.348 e. The third-order valence-electron chi connectivity index (χ3n) is 4.00. The summed E-state index contributed by atoms with van der Waals surface area (Å²) in [5, 5.41) is 4.02. The van der Waals surface area contributed by atoms with Crippen molar-refractivity contribution < 1.29 is 4.79 Å². The number of H-pyrrole nitrogens is 1. The highest BCUT2D eigenvalue weighted by Crippen LogP contribution is 2.11. The summed E-state index contributed by atoms with van der Waals surface area (Å²) in [4.78, 5) is 19.3. The summed E-state index contributed by atoms with van der Waals surface area (Å²) in [7, 11) is 0. The predicted molar refractivity (Wildman–Crippen MR) is 99.9 cm³/mol. The molecular weight excluding hydrogens is 334 g/mol. The minimum absolute atomic E-state index is 0.150. The van der Waals surface area contributed by atoms with Crippen LogP contribution in [0.2, 0.25) is 5.02 Å². The van der Waals surface area contributed by atoms with Crippen molar-refractivity contribution in [1.29, 1.82) is 0 Å². The van der Waals surface area contributed by atoms with Crippen LogP contribution in [0.4, 0.5) is 0 Å². The van der Waals surface area contributed by atoms with Gasteiger partial charge in [-0.2, -0.15) is 0 Å². The van der Waals surface area contributed by atoms with Crippen LogP contribution in [-0.4, -0.2) is 22.3 Å². The average molecular weight is 354 g/mol. The fraction of sp³-hybridized carbons (Fsp3) is 0.200. The second-order valence-corrected chi connectivity index (χ2v) is 6.36. The second-order valence-electron chi connectivity index (χ2n) is 5.93. The zero-order valence-electron chi connectivity index (χ0n) is 13.8. The molecular formula is C20H20ClN3O. The maximum absolute atomic E-state index is 12.3. The van der Waals surface area contributed by atoms with Crippen molar-refractivity contribution in [3.05, 3.63) is 88.5 Å². The van der Waals surface area contributed by atoms with E-state index in [0.717, 1.165) is 40.4 Å². The molecule has 4 nitrogen and oxygen atoms in total. The van der Waals surface area contributed by atoms with Crippen LogP contribution in [0.3, 0.4) is 0 Å². The van der Waals surface area contributed by atoms with Gasteiger partial charge in [-0.1, -0.05) is 48.0 Å². The van der Waals surface area contributed by atoms with Crippen LogP contribution in [0.25, 0.3) is 0 Å². The number of nitrogens with one attached hydrogen (secondary N) is 2. The SMILES string of the molecule is O=C(CCNCc1ccc(Cl)cc1)c1ccc(Cc2cnc[nH]2)cc1. The molecule has 3 rings (SSSR count). The zero-order valence-corrected chi connectivity index (χ0v) is 14.6. The lowest BCUT2D eigenvalue weighted by Gasteiger charge is -2.06. The van der Waals surface area contributed by atoms with Gasteiger partial charge in [-0.05, 0) is 23.3 Å². The Morgan fingerprint density at radius 2 is 1.76 bits per heavy atom. The maximum atomic E-state index is 12.3. The summed E-state index contributed by atoms with van der Waals surface area (Å²) in [5.41, 5.74) is 4.12. The second kappa shape index (κ2) is 8.60. The lowest BCUT2D eigenvalue weighted by Crippen LogP contribution is -2.17. The molecule has 128 valence electrons. The van der Waals surface area contributed by atoms with Gasteiger partial charge in [0.2, 0.25) is 0 Å². The fourth-order valence-corrected chi connectivity index (χ4v) is 2.72. The van der Waals surface area contributed by atoms with Gasteiger partial charge in [0.15, 0.2) is 5.78 Å². The quantitative estimate of drug-likeness (QED) is 0.475. The highest BCUT2D eigenvalue weighted by Gasteiger charge is 2.06. The monoisotopic (exact) mass is 353 g/mol. The largest absolute Gasteiger partial charge is 0.348 e. The number of benzene rings is 2. The number of aromatic amines is 1. The smallest absolute Gasteiger partial charge is 0.164 e. The highest BCUT2D eigenvalue weighted by atomic mass is 35.5. The van der Waals surface area contributed by atoms with E-state index in [-0.39, 0.29) is 5.78 Å². The first-order valence-electron chi connectivity index (χ1n) is 8.25. The number of rotatable bonds is 8. The van der Waals surface area contributed by atoms with Gasteiger partial charge in [0.05, 0.1) is 6.33 Å². The van der Waals surface area contributed by atoms with Crippen molar-refractivity contribution in [2.75, 3.05) is 6.54 Å². The predicted octanol–water partition coefficient (Wildman–Crippen LogP) is 4.02. The number of Topliss-reactive ketones (excluding diaryl/α,β-unsaturated/α-hetero) is 1. The van der Waals surface area contributed by atoms with Crippen molar-refractivity contribution >= 4 is 17.4 Å². The summed E-state index contributed by atoms with van der Waals surface area (Å²) < 4.78 is 0. The van der Waals surface area contributed by atoms with E-state index in [1.807, 2.05) is 54.7 Å². The van der Waals surface area contributed by atoms with Crippen molar-refractivity contribution in [2.24, 2.45) is 0 Å². The highest BCUT2D eigenvalue weighted by molar-refractivity contribution is 6.30. The molecule has 0 fully saturated rings. The van der Waals surface area contributed by atoms with Gasteiger partial charge in [0.25, 0.3) is 0 Å². The van der Waals surface area contributed by atoms with Gasteiger partial charge < -0.3 is 10.3 Å². The lowest BCUT2D eigenvalue weighted by molar-refractivity contribution is 0.0982. The average Bonchev–Trinajstić information content (AvgIpc) is 3.14. The molecule has 0 saturated heterocycles. The number of hydrogen-bond donors (Lipinski definition) is 2. The van der Waals surface area contributed by atoms with Crippen LogP contribution < -0.4 is 5.32 Å². The molecule has 0 bridgehead atoms. The Morgan fingerprint density at radius 3 is 2.44 bits per heavy atom. The molecule has 0 amide bonds. The number of imidazole rings is 1. The van der Waals surface area contributed by atoms with E-state index in [2.05, 4.69) is 15.3 Å². The van der Waals surface area contributed by atoms with Crippen LogP contribution in [-0.2, 0) is 13.0 Å². The van der Waals surface area contributed by atoms with Crippen LogP contribution in [0, 0.1) is 0 Å². The van der Waals surface area contributed by atoms with Crippen LogP contribution in [0.5, 0.6) is 0 Å². The molecule has 0 aliphatic carbocycles. The summed E-state index contributed by atoms with van der Waals surface area (Å²) in [5.74, 6) is 0.150. The summed E-state index contributed by atoms with van der Waals surface area (Å²) in [6.07, 6.45) is 4.75. The number of carbonyl (C=O) groups excluding carboxylic acids is 1. The summed E-state index contributed by atoms with van der Waals surface area (Å²) >= 11 is 5.86. The molecule has 1 aromatic heterocycles. The van der Waals surface area contributed by atoms with Gasteiger partial charge >= 0.3 is 0 Å². The fourth-order valence-electron chi connectivity index (χ4n) is 2.59. The van der Waals surface area contributed by atoms with Crippen molar-refractivity contribution in [3.63, 3.8) is 0 Å². The van der Waals surface area contributed by atoms with Gasteiger partial charge in [0, 0.05) is 48.4 Å². The van der Waals surface area contributed by atoms with E-state index >= 15 is 0 Å². The van der Waals surface area contributed by atoms with Crippen molar-refractivity contribution in [1.82, 2.24) is 15.3 Å². The van der Waals surface area contributed by atoms with Crippen LogP contribution >= 0.6 is 11.6 Å². The number of halogens is 1. The first kappa shape index (κ1) is 17.4. The van der Waals surface area contributed by atoms with Crippen LogP contribution in [0.15, 0.2) is 61.1 Å². The van der Waals surface area contributed by atoms with E-state index in [9.17, 15) is 4.79 Å². The van der Waals surface area contributed by atoms with Crippen LogP contribution in [0.1, 0.15) is 33.6 Å². The van der Waals surface area contributed by atoms with E-state index in [1.165, 1.54) is 0 Å². The molecule has 5 heteroatoms. The third kappa shape index (κ3) is 5.28. The Labute approximate surface area is 152 Å². The van der Waals surface area contributed by atoms with E-state index in [0.29, 0.717) is 13.0 Å². The molecule has 0 aliphatic heterocycles. The van der Waals surface area contributed by atoms with Crippen molar-refractivity contribution in [3.8, 4) is 0 Å². The normalized spacial score (nSPS) is 10.8. The van der Waals surface area contributed by atoms with E-state index in [1.54, 1.807) is 6.33 Å². The Balaban J connectivity index is 1.44. The maximum Gasteiger partial charge on any atom is 0.164 e. The van der Waals surface area contributed by atoms with Crippen molar-refractivity contribution in [2.45, 2.75) is 19.4 Å². The zero-order chi connectivity index (χ0) is 17.5. The Hall–Kier alpha value is -2.43. The van der Waals surface area contributed by atoms with E-state index < -0.39 is 0 Å². The standard InChI is InChI=1S/C20H20ClN3O/c21-18-7-3-16(4-8-18)12-22-10-9-20(25)17-5-1-15(2-6-17)11-19-13-23-14-24-19/h1-8,13-14,22H,9-12H2,(H,23,24). The molecule has 0 spiro atoms. The molecule has 0 atom stereocenters. The number of nitrogens with zero attached hydrogens (tertiary/aromatic N) is 1. The number of ketones is 1. The first-order valence-corrected chi connectivity index (χ1v) is 8.63. The number of carbonyl (C=O) groups is 1. The summed E-state index contributed by atoms with van der Waals surface area (Å²) in [6, 6.07) is 15.5.